The fraction of sp³-hybridized carbons (Fsp3) is 1.00. The van der Waals surface area contributed by atoms with E-state index in [1.165, 1.54) is 0 Å². The molecule has 3 nitrogen and oxygen atoms in total. The Morgan fingerprint density at radius 3 is 2.69 bits per heavy atom. The smallest absolute Gasteiger partial charge is 0.0927 e. The monoisotopic (exact) mass is 187 g/mol. The summed E-state index contributed by atoms with van der Waals surface area (Å²) in [5, 5.41) is 13.0. The van der Waals surface area contributed by atoms with E-state index in [2.05, 4.69) is 26.1 Å². The molecule has 3 heteroatoms. The lowest BCUT2D eigenvalue weighted by molar-refractivity contribution is -0.0292. The summed E-state index contributed by atoms with van der Waals surface area (Å²) in [5.74, 6) is 0. The lowest BCUT2D eigenvalue weighted by atomic mass is 9.95. The van der Waals surface area contributed by atoms with Gasteiger partial charge >= 0.3 is 0 Å². The number of hydrogen-bond acceptors (Lipinski definition) is 3. The number of nitrogens with one attached hydrogen (secondary N) is 1. The molecular weight excluding hydrogens is 166 g/mol. The van der Waals surface area contributed by atoms with E-state index in [0.29, 0.717) is 6.61 Å². The summed E-state index contributed by atoms with van der Waals surface area (Å²) in [6.07, 6.45) is 0.577. The molecule has 0 aliphatic carbocycles. The van der Waals surface area contributed by atoms with E-state index in [-0.39, 0.29) is 17.6 Å². The van der Waals surface area contributed by atoms with Gasteiger partial charge in [-0.1, -0.05) is 20.8 Å². The molecule has 1 aliphatic rings. The molecule has 2 atom stereocenters. The van der Waals surface area contributed by atoms with Crippen LogP contribution < -0.4 is 5.32 Å². The Balaban J connectivity index is 2.27. The molecule has 1 aliphatic heterocycles. The van der Waals surface area contributed by atoms with Gasteiger partial charge in [-0.2, -0.15) is 0 Å². The molecule has 13 heavy (non-hydrogen) atoms. The maximum absolute atomic E-state index is 9.58. The topological polar surface area (TPSA) is 41.5 Å². The zero-order valence-corrected chi connectivity index (χ0v) is 8.84. The summed E-state index contributed by atoms with van der Waals surface area (Å²) in [5.41, 5.74) is 0.276. The zero-order chi connectivity index (χ0) is 9.90. The van der Waals surface area contributed by atoms with E-state index in [4.69, 9.17) is 4.74 Å². The van der Waals surface area contributed by atoms with Gasteiger partial charge in [-0.25, -0.2) is 0 Å². The van der Waals surface area contributed by atoms with Crippen molar-refractivity contribution in [1.82, 2.24) is 5.32 Å². The molecule has 2 N–H and O–H groups in total. The molecule has 1 heterocycles. The molecule has 0 aromatic rings. The lowest BCUT2D eigenvalue weighted by Gasteiger charge is -2.31. The van der Waals surface area contributed by atoms with E-state index in [1.807, 2.05) is 0 Å². The third-order valence-electron chi connectivity index (χ3n) is 2.22. The van der Waals surface area contributed by atoms with Crippen molar-refractivity contribution in [2.45, 2.75) is 39.3 Å². The Morgan fingerprint density at radius 1 is 1.46 bits per heavy atom. The molecule has 0 aromatic heterocycles. The Hall–Kier alpha value is -0.120. The Labute approximate surface area is 80.5 Å². The fourth-order valence-corrected chi connectivity index (χ4v) is 1.40. The zero-order valence-electron chi connectivity index (χ0n) is 8.84. The van der Waals surface area contributed by atoms with Gasteiger partial charge in [0, 0.05) is 19.2 Å². The molecule has 1 rings (SSSR count). The van der Waals surface area contributed by atoms with Crippen molar-refractivity contribution >= 4 is 0 Å². The van der Waals surface area contributed by atoms with Crippen LogP contribution in [0.4, 0.5) is 0 Å². The van der Waals surface area contributed by atoms with Gasteiger partial charge in [0.2, 0.25) is 0 Å². The van der Waals surface area contributed by atoms with Gasteiger partial charge in [-0.05, 0) is 11.8 Å². The highest BCUT2D eigenvalue weighted by Gasteiger charge is 2.24. The quantitative estimate of drug-likeness (QED) is 0.671. The minimum absolute atomic E-state index is 0.216. The van der Waals surface area contributed by atoms with Gasteiger partial charge < -0.3 is 15.2 Å². The minimum Gasteiger partial charge on any atom is -0.389 e. The number of aliphatic hydroxyl groups excluding tert-OH is 1. The SMILES string of the molecule is CC(C)(C)CN[C@@H]1CCOC[C@H]1O. The maximum atomic E-state index is 9.58. The van der Waals surface area contributed by atoms with Gasteiger partial charge in [-0.15, -0.1) is 0 Å². The van der Waals surface area contributed by atoms with Gasteiger partial charge in [0.1, 0.15) is 0 Å². The van der Waals surface area contributed by atoms with E-state index >= 15 is 0 Å². The van der Waals surface area contributed by atoms with Crippen molar-refractivity contribution in [3.63, 3.8) is 0 Å². The van der Waals surface area contributed by atoms with Crippen LogP contribution in [0.2, 0.25) is 0 Å². The van der Waals surface area contributed by atoms with Crippen molar-refractivity contribution < 1.29 is 9.84 Å². The summed E-state index contributed by atoms with van der Waals surface area (Å²) >= 11 is 0. The summed E-state index contributed by atoms with van der Waals surface area (Å²) in [6, 6.07) is 0.216. The first-order valence-corrected chi connectivity index (χ1v) is 4.98. The molecule has 0 radical (unpaired) electrons. The average molecular weight is 187 g/mol. The van der Waals surface area contributed by atoms with Crippen LogP contribution in [-0.2, 0) is 4.74 Å². The fourth-order valence-electron chi connectivity index (χ4n) is 1.40. The summed E-state index contributed by atoms with van der Waals surface area (Å²) in [7, 11) is 0. The molecular formula is C10H21NO2. The largest absolute Gasteiger partial charge is 0.389 e. The van der Waals surface area contributed by atoms with Crippen LogP contribution in [0.1, 0.15) is 27.2 Å². The second-order valence-electron chi connectivity index (χ2n) is 4.98. The Morgan fingerprint density at radius 2 is 2.15 bits per heavy atom. The number of ether oxygens (including phenoxy) is 1. The van der Waals surface area contributed by atoms with Crippen LogP contribution in [0.3, 0.4) is 0 Å². The van der Waals surface area contributed by atoms with Crippen molar-refractivity contribution in [3.05, 3.63) is 0 Å². The minimum atomic E-state index is -0.337. The van der Waals surface area contributed by atoms with Gasteiger partial charge in [0.05, 0.1) is 12.7 Å². The van der Waals surface area contributed by atoms with E-state index in [0.717, 1.165) is 19.6 Å². The van der Waals surface area contributed by atoms with Crippen LogP contribution >= 0.6 is 0 Å². The van der Waals surface area contributed by atoms with E-state index in [9.17, 15) is 5.11 Å². The normalized spacial score (nSPS) is 30.5. The van der Waals surface area contributed by atoms with Crippen molar-refractivity contribution in [2.75, 3.05) is 19.8 Å². The molecule has 1 fully saturated rings. The number of hydrogen-bond donors (Lipinski definition) is 2. The molecule has 0 spiro atoms. The van der Waals surface area contributed by atoms with E-state index < -0.39 is 0 Å². The van der Waals surface area contributed by atoms with Crippen molar-refractivity contribution in [2.24, 2.45) is 5.41 Å². The van der Waals surface area contributed by atoms with Crippen LogP contribution in [0, 0.1) is 5.41 Å². The van der Waals surface area contributed by atoms with Crippen LogP contribution in [-0.4, -0.2) is 37.0 Å². The molecule has 0 unspecified atom stereocenters. The molecule has 0 saturated carbocycles. The van der Waals surface area contributed by atoms with E-state index in [1.54, 1.807) is 0 Å². The molecule has 78 valence electrons. The predicted octanol–water partition coefficient (Wildman–Crippen LogP) is 0.772. The van der Waals surface area contributed by atoms with Crippen molar-refractivity contribution in [3.8, 4) is 0 Å². The third kappa shape index (κ3) is 4.07. The Bertz CT molecular complexity index is 153. The number of rotatable bonds is 2. The first kappa shape index (κ1) is 11.0. The molecule has 0 bridgehead atoms. The van der Waals surface area contributed by atoms with Gasteiger partial charge in [-0.3, -0.25) is 0 Å². The average Bonchev–Trinajstić information content (AvgIpc) is 2.01. The molecule has 0 amide bonds. The van der Waals surface area contributed by atoms with Crippen LogP contribution in [0.5, 0.6) is 0 Å². The highest BCUT2D eigenvalue weighted by Crippen LogP contribution is 2.13. The highest BCUT2D eigenvalue weighted by molar-refractivity contribution is 4.80. The lowest BCUT2D eigenvalue weighted by Crippen LogP contribution is -2.48. The summed E-state index contributed by atoms with van der Waals surface area (Å²) in [6.45, 7) is 8.73. The van der Waals surface area contributed by atoms with Crippen molar-refractivity contribution in [1.29, 1.82) is 0 Å². The van der Waals surface area contributed by atoms with Crippen LogP contribution in [0.15, 0.2) is 0 Å². The first-order chi connectivity index (χ1) is 5.99. The summed E-state index contributed by atoms with van der Waals surface area (Å²) < 4.78 is 5.15. The predicted molar refractivity (Wildman–Crippen MR) is 52.7 cm³/mol. The standard InChI is InChI=1S/C10H21NO2/c1-10(2,3)7-11-8-4-5-13-6-9(8)12/h8-9,11-12H,4-7H2,1-3H3/t8-,9-/m1/s1. The summed E-state index contributed by atoms with van der Waals surface area (Å²) in [4.78, 5) is 0. The third-order valence-corrected chi connectivity index (χ3v) is 2.22. The number of aliphatic hydroxyl groups is 1. The highest BCUT2D eigenvalue weighted by atomic mass is 16.5. The van der Waals surface area contributed by atoms with Gasteiger partial charge in [0.25, 0.3) is 0 Å². The second kappa shape index (κ2) is 4.40. The second-order valence-corrected chi connectivity index (χ2v) is 4.98. The van der Waals surface area contributed by atoms with Crippen LogP contribution in [0.25, 0.3) is 0 Å². The maximum Gasteiger partial charge on any atom is 0.0927 e. The van der Waals surface area contributed by atoms with Gasteiger partial charge in [0.15, 0.2) is 0 Å². The molecule has 1 saturated heterocycles. The Kier molecular flexibility index (Phi) is 3.71. The first-order valence-electron chi connectivity index (χ1n) is 4.98. The molecule has 0 aromatic carbocycles.